The van der Waals surface area contributed by atoms with Crippen LogP contribution < -0.4 is 5.32 Å². The van der Waals surface area contributed by atoms with E-state index >= 15 is 0 Å². The second-order valence-corrected chi connectivity index (χ2v) is 6.41. The molecule has 20 heavy (non-hydrogen) atoms. The summed E-state index contributed by atoms with van der Waals surface area (Å²) in [6.45, 7) is 9.89. The van der Waals surface area contributed by atoms with Gasteiger partial charge in [-0.3, -0.25) is 0 Å². The number of hydrogen-bond donors (Lipinski definition) is 1. The summed E-state index contributed by atoms with van der Waals surface area (Å²) >= 11 is 1.84. The highest BCUT2D eigenvalue weighted by Crippen LogP contribution is 2.40. The standard InChI is InChI=1S/C16H27NO2S/c1-4-9-17-15(14-13(3)6-12-20-14)16(19-5-2)7-10-18-11-8-16/h6,12,15,17H,4-5,7-11H2,1-3H3. The first kappa shape index (κ1) is 16.0. The molecule has 4 heteroatoms. The fraction of sp³-hybridized carbons (Fsp3) is 0.750. The Kier molecular flexibility index (Phi) is 6.02. The molecule has 1 aliphatic heterocycles. The van der Waals surface area contributed by atoms with E-state index in [0.717, 1.165) is 45.6 Å². The summed E-state index contributed by atoms with van der Waals surface area (Å²) in [4.78, 5) is 1.42. The molecule has 1 aromatic rings. The third-order valence-electron chi connectivity index (χ3n) is 4.06. The molecular formula is C16H27NO2S. The summed E-state index contributed by atoms with van der Waals surface area (Å²) in [7, 11) is 0. The summed E-state index contributed by atoms with van der Waals surface area (Å²) in [6, 6.07) is 2.49. The molecule has 1 saturated heterocycles. The smallest absolute Gasteiger partial charge is 0.0927 e. The van der Waals surface area contributed by atoms with Crippen LogP contribution >= 0.6 is 11.3 Å². The van der Waals surface area contributed by atoms with Crippen molar-refractivity contribution in [2.75, 3.05) is 26.4 Å². The Balaban J connectivity index is 2.29. The molecule has 1 atom stereocenters. The minimum atomic E-state index is -0.113. The van der Waals surface area contributed by atoms with Gasteiger partial charge in [-0.2, -0.15) is 0 Å². The molecule has 0 radical (unpaired) electrons. The van der Waals surface area contributed by atoms with Crippen molar-refractivity contribution in [3.63, 3.8) is 0 Å². The van der Waals surface area contributed by atoms with Crippen LogP contribution in [-0.4, -0.2) is 32.0 Å². The van der Waals surface area contributed by atoms with Gasteiger partial charge in [0.05, 0.1) is 11.6 Å². The zero-order valence-corrected chi connectivity index (χ0v) is 13.7. The van der Waals surface area contributed by atoms with Crippen LogP contribution in [0.25, 0.3) is 0 Å². The van der Waals surface area contributed by atoms with Crippen LogP contribution in [0.5, 0.6) is 0 Å². The Hall–Kier alpha value is -0.420. The lowest BCUT2D eigenvalue weighted by Crippen LogP contribution is -2.50. The van der Waals surface area contributed by atoms with Crippen molar-refractivity contribution in [2.45, 2.75) is 51.7 Å². The molecule has 1 unspecified atom stereocenters. The van der Waals surface area contributed by atoms with Gasteiger partial charge < -0.3 is 14.8 Å². The van der Waals surface area contributed by atoms with Crippen molar-refractivity contribution in [1.82, 2.24) is 5.32 Å². The van der Waals surface area contributed by atoms with Crippen molar-refractivity contribution in [3.8, 4) is 0 Å². The largest absolute Gasteiger partial charge is 0.381 e. The Morgan fingerprint density at radius 2 is 2.15 bits per heavy atom. The first-order chi connectivity index (χ1) is 9.73. The van der Waals surface area contributed by atoms with Gasteiger partial charge in [-0.05, 0) is 43.8 Å². The molecule has 2 rings (SSSR count). The van der Waals surface area contributed by atoms with Crippen molar-refractivity contribution in [1.29, 1.82) is 0 Å². The lowest BCUT2D eigenvalue weighted by atomic mass is 9.84. The molecule has 0 saturated carbocycles. The second kappa shape index (κ2) is 7.55. The Labute approximate surface area is 126 Å². The zero-order valence-electron chi connectivity index (χ0n) is 12.9. The van der Waals surface area contributed by atoms with Crippen molar-refractivity contribution in [3.05, 3.63) is 21.9 Å². The summed E-state index contributed by atoms with van der Waals surface area (Å²) < 4.78 is 11.8. The summed E-state index contributed by atoms with van der Waals surface area (Å²) in [6.07, 6.45) is 3.08. The van der Waals surface area contributed by atoms with E-state index in [-0.39, 0.29) is 11.6 Å². The molecule has 0 amide bonds. The summed E-state index contributed by atoms with van der Waals surface area (Å²) in [5, 5.41) is 5.92. The van der Waals surface area contributed by atoms with E-state index in [1.165, 1.54) is 10.4 Å². The van der Waals surface area contributed by atoms with Gasteiger partial charge in [-0.15, -0.1) is 11.3 Å². The van der Waals surface area contributed by atoms with Gasteiger partial charge in [0.2, 0.25) is 0 Å². The van der Waals surface area contributed by atoms with Crippen molar-refractivity contribution < 1.29 is 9.47 Å². The fourth-order valence-electron chi connectivity index (χ4n) is 3.01. The number of ether oxygens (including phenoxy) is 2. The predicted octanol–water partition coefficient (Wildman–Crippen LogP) is 3.68. The molecular weight excluding hydrogens is 270 g/mol. The second-order valence-electron chi connectivity index (χ2n) is 5.47. The van der Waals surface area contributed by atoms with Gasteiger partial charge in [0, 0.05) is 37.5 Å². The average Bonchev–Trinajstić information content (AvgIpc) is 2.87. The maximum atomic E-state index is 6.27. The molecule has 1 N–H and O–H groups in total. The van der Waals surface area contributed by atoms with Crippen LogP contribution in [0.4, 0.5) is 0 Å². The maximum Gasteiger partial charge on any atom is 0.0927 e. The monoisotopic (exact) mass is 297 g/mol. The molecule has 0 spiro atoms. The van der Waals surface area contributed by atoms with E-state index in [4.69, 9.17) is 9.47 Å². The minimum Gasteiger partial charge on any atom is -0.381 e. The molecule has 1 aromatic heterocycles. The van der Waals surface area contributed by atoms with Gasteiger partial charge in [-0.25, -0.2) is 0 Å². The van der Waals surface area contributed by atoms with E-state index in [9.17, 15) is 0 Å². The quantitative estimate of drug-likeness (QED) is 0.832. The molecule has 0 aromatic carbocycles. The number of thiophene rings is 1. The van der Waals surface area contributed by atoms with Crippen LogP contribution in [0.1, 0.15) is 49.6 Å². The molecule has 2 heterocycles. The number of aryl methyl sites for hydroxylation is 1. The minimum absolute atomic E-state index is 0.113. The van der Waals surface area contributed by atoms with Gasteiger partial charge >= 0.3 is 0 Å². The van der Waals surface area contributed by atoms with Crippen molar-refractivity contribution in [2.24, 2.45) is 0 Å². The number of hydrogen-bond acceptors (Lipinski definition) is 4. The van der Waals surface area contributed by atoms with Gasteiger partial charge in [0.15, 0.2) is 0 Å². The molecule has 0 aliphatic carbocycles. The molecule has 3 nitrogen and oxygen atoms in total. The average molecular weight is 297 g/mol. The van der Waals surface area contributed by atoms with Crippen LogP contribution in [0.2, 0.25) is 0 Å². The molecule has 0 bridgehead atoms. The van der Waals surface area contributed by atoms with Crippen molar-refractivity contribution >= 4 is 11.3 Å². The van der Waals surface area contributed by atoms with E-state index < -0.39 is 0 Å². The van der Waals surface area contributed by atoms with Crippen LogP contribution in [-0.2, 0) is 9.47 Å². The van der Waals surface area contributed by atoms with E-state index in [0.29, 0.717) is 0 Å². The topological polar surface area (TPSA) is 30.5 Å². The Morgan fingerprint density at radius 1 is 1.40 bits per heavy atom. The Morgan fingerprint density at radius 3 is 2.70 bits per heavy atom. The highest BCUT2D eigenvalue weighted by molar-refractivity contribution is 7.10. The lowest BCUT2D eigenvalue weighted by Gasteiger charge is -2.43. The maximum absolute atomic E-state index is 6.27. The van der Waals surface area contributed by atoms with Crippen LogP contribution in [0, 0.1) is 6.92 Å². The van der Waals surface area contributed by atoms with Gasteiger partial charge in [0.1, 0.15) is 0 Å². The lowest BCUT2D eigenvalue weighted by molar-refractivity contribution is -0.127. The number of rotatable bonds is 7. The van der Waals surface area contributed by atoms with Gasteiger partial charge in [0.25, 0.3) is 0 Å². The van der Waals surface area contributed by atoms with Crippen LogP contribution in [0.3, 0.4) is 0 Å². The van der Waals surface area contributed by atoms with E-state index in [1.807, 2.05) is 11.3 Å². The zero-order chi connectivity index (χ0) is 14.4. The van der Waals surface area contributed by atoms with Crippen LogP contribution in [0.15, 0.2) is 11.4 Å². The fourth-order valence-corrected chi connectivity index (χ4v) is 4.11. The first-order valence-corrected chi connectivity index (χ1v) is 8.60. The van der Waals surface area contributed by atoms with E-state index in [2.05, 4.69) is 37.5 Å². The predicted molar refractivity (Wildman–Crippen MR) is 84.5 cm³/mol. The highest BCUT2D eigenvalue weighted by Gasteiger charge is 2.42. The molecule has 1 aliphatic rings. The molecule has 114 valence electrons. The highest BCUT2D eigenvalue weighted by atomic mass is 32.1. The SMILES string of the molecule is CCCNC(c1sccc1C)C1(OCC)CCOCC1. The number of nitrogens with one attached hydrogen (secondary N) is 1. The normalized spacial score (nSPS) is 19.9. The third kappa shape index (κ3) is 3.42. The van der Waals surface area contributed by atoms with Gasteiger partial charge in [-0.1, -0.05) is 6.92 Å². The first-order valence-electron chi connectivity index (χ1n) is 7.72. The summed E-state index contributed by atoms with van der Waals surface area (Å²) in [5.41, 5.74) is 1.26. The molecule has 1 fully saturated rings. The summed E-state index contributed by atoms with van der Waals surface area (Å²) in [5.74, 6) is 0. The Bertz CT molecular complexity index is 393. The third-order valence-corrected chi connectivity index (χ3v) is 5.14. The van der Waals surface area contributed by atoms with E-state index in [1.54, 1.807) is 0 Å².